The molecule has 0 unspecified atom stereocenters. The van der Waals surface area contributed by atoms with Crippen molar-refractivity contribution >= 4 is 40.6 Å². The fraction of sp³-hybridized carbons (Fsp3) is 0.524. The molecule has 2 fully saturated rings. The highest BCUT2D eigenvalue weighted by molar-refractivity contribution is 8.01. The van der Waals surface area contributed by atoms with E-state index in [0.29, 0.717) is 16.1 Å². The van der Waals surface area contributed by atoms with Gasteiger partial charge in [0.05, 0.1) is 5.75 Å². The van der Waals surface area contributed by atoms with E-state index in [1.165, 1.54) is 68.1 Å². The number of nitrogens with one attached hydrogen (secondary N) is 1. The Hall–Kier alpha value is -2.04. The monoisotopic (exact) mass is 463 g/mol. The van der Waals surface area contributed by atoms with Crippen LogP contribution in [0.2, 0.25) is 0 Å². The van der Waals surface area contributed by atoms with E-state index in [1.54, 1.807) is 0 Å². The highest BCUT2D eigenvalue weighted by Crippen LogP contribution is 2.25. The smallest absolute Gasteiger partial charge is 0.286 e. The van der Waals surface area contributed by atoms with Crippen LogP contribution in [0, 0.1) is 5.82 Å². The standard InChI is InChI=1S/C21H26FN5O2S2/c22-15-6-8-16(9-7-15)23-19(29)20-24-25-21(31-20)30-14-18(28)27-12-10-26(11-13-27)17-4-2-1-3-5-17/h6-9,17H,1-5,10-14H2,(H,23,29). The predicted molar refractivity (Wildman–Crippen MR) is 120 cm³/mol. The number of amides is 2. The lowest BCUT2D eigenvalue weighted by atomic mass is 9.94. The van der Waals surface area contributed by atoms with Crippen LogP contribution in [-0.2, 0) is 4.79 Å². The van der Waals surface area contributed by atoms with Crippen LogP contribution in [0.1, 0.15) is 41.9 Å². The number of halogens is 1. The third-order valence-electron chi connectivity index (χ3n) is 5.78. The molecule has 1 aliphatic carbocycles. The van der Waals surface area contributed by atoms with Crippen molar-refractivity contribution in [1.82, 2.24) is 20.0 Å². The molecule has 2 aromatic rings. The van der Waals surface area contributed by atoms with E-state index in [2.05, 4.69) is 20.4 Å². The average molecular weight is 464 g/mol. The van der Waals surface area contributed by atoms with E-state index in [0.717, 1.165) is 37.5 Å². The van der Waals surface area contributed by atoms with Crippen molar-refractivity contribution < 1.29 is 14.0 Å². The Balaban J connectivity index is 1.21. The molecular formula is C21H26FN5O2S2. The lowest BCUT2D eigenvalue weighted by molar-refractivity contribution is -0.130. The zero-order valence-corrected chi connectivity index (χ0v) is 18.9. The van der Waals surface area contributed by atoms with Crippen LogP contribution in [0.5, 0.6) is 0 Å². The van der Waals surface area contributed by atoms with Gasteiger partial charge in [-0.25, -0.2) is 4.39 Å². The topological polar surface area (TPSA) is 78.4 Å². The first-order chi connectivity index (χ1) is 15.1. The molecule has 1 saturated carbocycles. The van der Waals surface area contributed by atoms with Crippen LogP contribution >= 0.6 is 23.1 Å². The van der Waals surface area contributed by atoms with Gasteiger partial charge in [-0.15, -0.1) is 10.2 Å². The molecule has 10 heteroatoms. The minimum absolute atomic E-state index is 0.0980. The van der Waals surface area contributed by atoms with E-state index in [9.17, 15) is 14.0 Å². The Morgan fingerprint density at radius 1 is 1.06 bits per heavy atom. The number of rotatable bonds is 6. The van der Waals surface area contributed by atoms with E-state index in [-0.39, 0.29) is 22.5 Å². The maximum Gasteiger partial charge on any atom is 0.286 e. The van der Waals surface area contributed by atoms with Gasteiger partial charge < -0.3 is 10.2 Å². The van der Waals surface area contributed by atoms with Crippen LogP contribution in [-0.4, -0.2) is 69.8 Å². The van der Waals surface area contributed by atoms with Gasteiger partial charge in [0.25, 0.3) is 5.91 Å². The highest BCUT2D eigenvalue weighted by atomic mass is 32.2. The summed E-state index contributed by atoms with van der Waals surface area (Å²) >= 11 is 2.45. The number of anilines is 1. The molecule has 0 spiro atoms. The molecule has 1 aliphatic heterocycles. The van der Waals surface area contributed by atoms with E-state index in [4.69, 9.17) is 0 Å². The Labute approximate surface area is 189 Å². The second-order valence-corrected chi connectivity index (χ2v) is 10.0. The van der Waals surface area contributed by atoms with Gasteiger partial charge in [-0.05, 0) is 37.1 Å². The number of carbonyl (C=O) groups excluding carboxylic acids is 2. The molecule has 2 heterocycles. The molecule has 0 bridgehead atoms. The summed E-state index contributed by atoms with van der Waals surface area (Å²) in [6.07, 6.45) is 6.58. The maximum atomic E-state index is 13.0. The third-order valence-corrected chi connectivity index (χ3v) is 7.82. The summed E-state index contributed by atoms with van der Waals surface area (Å²) in [6, 6.07) is 6.21. The summed E-state index contributed by atoms with van der Waals surface area (Å²) in [5.41, 5.74) is 0.485. The van der Waals surface area contributed by atoms with Gasteiger partial charge in [0.2, 0.25) is 10.9 Å². The SMILES string of the molecule is O=C(Nc1ccc(F)cc1)c1nnc(SCC(=O)N2CCN(C3CCCCC3)CC2)s1. The lowest BCUT2D eigenvalue weighted by Crippen LogP contribution is -2.52. The molecule has 4 rings (SSSR count). The summed E-state index contributed by atoms with van der Waals surface area (Å²) in [4.78, 5) is 29.3. The molecule has 1 N–H and O–H groups in total. The van der Waals surface area contributed by atoms with Crippen LogP contribution in [0.15, 0.2) is 28.6 Å². The summed E-state index contributed by atoms with van der Waals surface area (Å²) < 4.78 is 13.6. The quantitative estimate of drug-likeness (QED) is 0.661. The van der Waals surface area contributed by atoms with E-state index in [1.807, 2.05) is 4.90 Å². The summed E-state index contributed by atoms with van der Waals surface area (Å²) in [5, 5.41) is 10.8. The number of benzene rings is 1. The Morgan fingerprint density at radius 2 is 1.77 bits per heavy atom. The Kier molecular flexibility index (Phi) is 7.52. The number of hydrogen-bond donors (Lipinski definition) is 1. The number of hydrogen-bond acceptors (Lipinski definition) is 7. The van der Waals surface area contributed by atoms with Gasteiger partial charge in [-0.2, -0.15) is 0 Å². The van der Waals surface area contributed by atoms with Crippen molar-refractivity contribution in [1.29, 1.82) is 0 Å². The molecule has 2 aliphatic rings. The minimum Gasteiger partial charge on any atom is -0.339 e. The number of thioether (sulfide) groups is 1. The van der Waals surface area contributed by atoms with Crippen molar-refractivity contribution in [2.24, 2.45) is 0 Å². The van der Waals surface area contributed by atoms with E-state index >= 15 is 0 Å². The van der Waals surface area contributed by atoms with Gasteiger partial charge in [0.15, 0.2) is 4.34 Å². The summed E-state index contributed by atoms with van der Waals surface area (Å²) in [7, 11) is 0. The summed E-state index contributed by atoms with van der Waals surface area (Å²) in [6.45, 7) is 3.45. The number of piperazine rings is 1. The second-order valence-electron chi connectivity index (χ2n) is 7.83. The highest BCUT2D eigenvalue weighted by Gasteiger charge is 2.27. The summed E-state index contributed by atoms with van der Waals surface area (Å²) in [5.74, 6) is -0.382. The molecule has 0 atom stereocenters. The van der Waals surface area contributed by atoms with E-state index < -0.39 is 5.91 Å². The van der Waals surface area contributed by atoms with Gasteiger partial charge in [0.1, 0.15) is 5.82 Å². The molecule has 1 aromatic heterocycles. The lowest BCUT2D eigenvalue weighted by Gasteiger charge is -2.40. The van der Waals surface area contributed by atoms with Crippen molar-refractivity contribution in [3.8, 4) is 0 Å². The molecule has 1 aromatic carbocycles. The first kappa shape index (κ1) is 22.2. The molecule has 1 saturated heterocycles. The second kappa shape index (κ2) is 10.5. The number of nitrogens with zero attached hydrogens (tertiary/aromatic N) is 4. The molecule has 0 radical (unpaired) electrons. The zero-order chi connectivity index (χ0) is 21.6. The molecular weight excluding hydrogens is 437 g/mol. The van der Waals surface area contributed by atoms with Crippen LogP contribution < -0.4 is 5.32 Å². The van der Waals surface area contributed by atoms with Crippen molar-refractivity contribution in [3.05, 3.63) is 35.1 Å². The molecule has 2 amide bonds. The average Bonchev–Trinajstić information content (AvgIpc) is 3.29. The molecule has 7 nitrogen and oxygen atoms in total. The Bertz CT molecular complexity index is 893. The van der Waals surface area contributed by atoms with Crippen LogP contribution in [0.25, 0.3) is 0 Å². The van der Waals surface area contributed by atoms with Crippen molar-refractivity contribution in [2.45, 2.75) is 42.5 Å². The van der Waals surface area contributed by atoms with Crippen molar-refractivity contribution in [2.75, 3.05) is 37.2 Å². The minimum atomic E-state index is -0.402. The predicted octanol–water partition coefficient (Wildman–Crippen LogP) is 3.50. The Morgan fingerprint density at radius 3 is 2.48 bits per heavy atom. The van der Waals surface area contributed by atoms with Gasteiger partial charge in [-0.1, -0.05) is 42.4 Å². The van der Waals surface area contributed by atoms with Crippen LogP contribution in [0.3, 0.4) is 0 Å². The molecule has 31 heavy (non-hydrogen) atoms. The largest absolute Gasteiger partial charge is 0.339 e. The normalized spacial score (nSPS) is 18.2. The first-order valence-corrected chi connectivity index (χ1v) is 12.4. The maximum absolute atomic E-state index is 13.0. The fourth-order valence-electron chi connectivity index (χ4n) is 4.08. The number of aromatic nitrogens is 2. The first-order valence-electron chi connectivity index (χ1n) is 10.6. The van der Waals surface area contributed by atoms with Gasteiger partial charge >= 0.3 is 0 Å². The number of carbonyl (C=O) groups is 2. The fourth-order valence-corrected chi connectivity index (χ4v) is 5.72. The molecule has 166 valence electrons. The van der Waals surface area contributed by atoms with Crippen molar-refractivity contribution in [3.63, 3.8) is 0 Å². The van der Waals surface area contributed by atoms with Gasteiger partial charge in [-0.3, -0.25) is 14.5 Å². The van der Waals surface area contributed by atoms with Crippen LogP contribution in [0.4, 0.5) is 10.1 Å². The third kappa shape index (κ3) is 6.02. The van der Waals surface area contributed by atoms with Gasteiger partial charge in [0, 0.05) is 37.9 Å². The zero-order valence-electron chi connectivity index (χ0n) is 17.3.